The van der Waals surface area contributed by atoms with E-state index in [1.54, 1.807) is 0 Å². The Morgan fingerprint density at radius 3 is 2.55 bits per heavy atom. The number of ether oxygens (including phenoxy) is 1. The number of alkyl halides is 3. The molecule has 2 N–H and O–H groups in total. The number of aliphatic hydroxyl groups is 1. The average Bonchev–Trinajstić information content (AvgIpc) is 2.45. The summed E-state index contributed by atoms with van der Waals surface area (Å²) in [6.45, 7) is 0.809. The summed E-state index contributed by atoms with van der Waals surface area (Å²) in [5, 5.41) is 23.6. The molecule has 6 nitrogen and oxygen atoms in total. The SMILES string of the molecule is O=[N+]([O-])c1ccc(NCC2(O)CCOCC2)cc1C(F)(F)F. The minimum Gasteiger partial charge on any atom is -0.388 e. The molecule has 0 unspecified atom stereocenters. The van der Waals surface area contributed by atoms with Crippen molar-refractivity contribution in [2.24, 2.45) is 0 Å². The highest BCUT2D eigenvalue weighted by Gasteiger charge is 2.38. The van der Waals surface area contributed by atoms with Gasteiger partial charge in [-0.15, -0.1) is 0 Å². The molecule has 0 amide bonds. The Bertz CT molecular complexity index is 557. The van der Waals surface area contributed by atoms with Gasteiger partial charge in [-0.05, 0) is 12.1 Å². The van der Waals surface area contributed by atoms with Gasteiger partial charge in [0.05, 0.1) is 10.5 Å². The van der Waals surface area contributed by atoms with Crippen molar-refractivity contribution in [3.8, 4) is 0 Å². The second-order valence-electron chi connectivity index (χ2n) is 5.18. The molecular weight excluding hydrogens is 305 g/mol. The summed E-state index contributed by atoms with van der Waals surface area (Å²) in [4.78, 5) is 9.60. The van der Waals surface area contributed by atoms with E-state index < -0.39 is 28.0 Å². The van der Waals surface area contributed by atoms with Crippen LogP contribution in [0.2, 0.25) is 0 Å². The van der Waals surface area contributed by atoms with Crippen LogP contribution in [0.4, 0.5) is 24.5 Å². The largest absolute Gasteiger partial charge is 0.423 e. The van der Waals surface area contributed by atoms with Gasteiger partial charge in [0.25, 0.3) is 5.69 Å². The molecule has 0 radical (unpaired) electrons. The minimum absolute atomic E-state index is 0.0471. The van der Waals surface area contributed by atoms with E-state index in [9.17, 15) is 28.4 Å². The molecule has 0 aromatic heterocycles. The van der Waals surface area contributed by atoms with Gasteiger partial charge in [0.1, 0.15) is 5.56 Å². The predicted octanol–water partition coefficient (Wildman–Crippen LogP) is 2.57. The Labute approximate surface area is 124 Å². The fraction of sp³-hybridized carbons (Fsp3) is 0.538. The fourth-order valence-electron chi connectivity index (χ4n) is 2.23. The molecule has 122 valence electrons. The van der Waals surface area contributed by atoms with Gasteiger partial charge in [0.15, 0.2) is 0 Å². The highest BCUT2D eigenvalue weighted by atomic mass is 19.4. The molecule has 9 heteroatoms. The molecule has 1 heterocycles. The Morgan fingerprint density at radius 1 is 1.36 bits per heavy atom. The molecule has 1 aliphatic rings. The predicted molar refractivity (Wildman–Crippen MR) is 71.6 cm³/mol. The molecule has 2 rings (SSSR count). The van der Waals surface area contributed by atoms with E-state index in [-0.39, 0.29) is 12.2 Å². The molecule has 0 atom stereocenters. The summed E-state index contributed by atoms with van der Waals surface area (Å²) in [7, 11) is 0. The van der Waals surface area contributed by atoms with E-state index in [0.29, 0.717) is 32.1 Å². The van der Waals surface area contributed by atoms with Crippen LogP contribution in [0, 0.1) is 10.1 Å². The fourth-order valence-corrected chi connectivity index (χ4v) is 2.23. The molecule has 1 fully saturated rings. The van der Waals surface area contributed by atoms with Crippen molar-refractivity contribution in [2.75, 3.05) is 25.1 Å². The van der Waals surface area contributed by atoms with Crippen LogP contribution in [-0.4, -0.2) is 35.4 Å². The second kappa shape index (κ2) is 6.09. The Morgan fingerprint density at radius 2 is 2.00 bits per heavy atom. The van der Waals surface area contributed by atoms with Gasteiger partial charge < -0.3 is 15.2 Å². The Balaban J connectivity index is 2.17. The van der Waals surface area contributed by atoms with Crippen molar-refractivity contribution in [3.05, 3.63) is 33.9 Å². The summed E-state index contributed by atoms with van der Waals surface area (Å²) in [6.07, 6.45) is -4.08. The third kappa shape index (κ3) is 3.86. The third-order valence-corrected chi connectivity index (χ3v) is 3.54. The number of rotatable bonds is 4. The molecule has 0 aliphatic carbocycles. The maximum atomic E-state index is 12.9. The highest BCUT2D eigenvalue weighted by molar-refractivity contribution is 5.55. The van der Waals surface area contributed by atoms with Gasteiger partial charge in [0, 0.05) is 44.4 Å². The topological polar surface area (TPSA) is 84.6 Å². The number of anilines is 1. The molecule has 0 spiro atoms. The normalized spacial score (nSPS) is 18.0. The number of benzene rings is 1. The highest BCUT2D eigenvalue weighted by Crippen LogP contribution is 2.37. The number of nitrogens with one attached hydrogen (secondary N) is 1. The van der Waals surface area contributed by atoms with E-state index in [2.05, 4.69) is 5.32 Å². The molecule has 0 bridgehead atoms. The number of nitrogens with zero attached hydrogens (tertiary/aromatic N) is 1. The van der Waals surface area contributed by atoms with E-state index in [0.717, 1.165) is 6.07 Å². The van der Waals surface area contributed by atoms with Crippen molar-refractivity contribution in [1.82, 2.24) is 0 Å². The van der Waals surface area contributed by atoms with Crippen LogP contribution in [0.5, 0.6) is 0 Å². The van der Waals surface area contributed by atoms with E-state index in [4.69, 9.17) is 4.74 Å². The number of nitro benzene ring substituents is 1. The van der Waals surface area contributed by atoms with Crippen molar-refractivity contribution in [3.63, 3.8) is 0 Å². The zero-order valence-corrected chi connectivity index (χ0v) is 11.5. The lowest BCUT2D eigenvalue weighted by molar-refractivity contribution is -0.388. The maximum Gasteiger partial charge on any atom is 0.423 e. The van der Waals surface area contributed by atoms with Crippen molar-refractivity contribution >= 4 is 11.4 Å². The molecule has 22 heavy (non-hydrogen) atoms. The monoisotopic (exact) mass is 320 g/mol. The van der Waals surface area contributed by atoms with Crippen LogP contribution < -0.4 is 5.32 Å². The summed E-state index contributed by atoms with van der Waals surface area (Å²) < 4.78 is 43.7. The summed E-state index contributed by atoms with van der Waals surface area (Å²) in [6, 6.07) is 2.68. The van der Waals surface area contributed by atoms with Crippen LogP contribution in [0.15, 0.2) is 18.2 Å². The van der Waals surface area contributed by atoms with Gasteiger partial charge >= 0.3 is 6.18 Å². The molecule has 1 aromatic carbocycles. The number of hydrogen-bond donors (Lipinski definition) is 2. The lowest BCUT2D eigenvalue weighted by atomic mass is 9.94. The Kier molecular flexibility index (Phi) is 4.57. The van der Waals surface area contributed by atoms with Gasteiger partial charge in [-0.3, -0.25) is 10.1 Å². The molecule has 0 saturated carbocycles. The first kappa shape index (κ1) is 16.5. The van der Waals surface area contributed by atoms with E-state index in [1.165, 1.54) is 6.07 Å². The van der Waals surface area contributed by atoms with Crippen molar-refractivity contribution in [1.29, 1.82) is 0 Å². The van der Waals surface area contributed by atoms with Gasteiger partial charge in [0.2, 0.25) is 0 Å². The first-order valence-corrected chi connectivity index (χ1v) is 6.61. The van der Waals surface area contributed by atoms with Gasteiger partial charge in [-0.25, -0.2) is 0 Å². The molecule has 1 aliphatic heterocycles. The lowest BCUT2D eigenvalue weighted by Gasteiger charge is -2.32. The smallest absolute Gasteiger partial charge is 0.388 e. The Hall–Kier alpha value is -1.87. The maximum absolute atomic E-state index is 12.9. The van der Waals surface area contributed by atoms with Crippen LogP contribution in [0.3, 0.4) is 0 Å². The van der Waals surface area contributed by atoms with Crippen molar-refractivity contribution in [2.45, 2.75) is 24.6 Å². The first-order valence-electron chi connectivity index (χ1n) is 6.61. The first-order chi connectivity index (χ1) is 10.2. The quantitative estimate of drug-likeness (QED) is 0.658. The van der Waals surface area contributed by atoms with Crippen LogP contribution >= 0.6 is 0 Å². The second-order valence-corrected chi connectivity index (χ2v) is 5.18. The third-order valence-electron chi connectivity index (χ3n) is 3.54. The average molecular weight is 320 g/mol. The van der Waals surface area contributed by atoms with Crippen LogP contribution in [0.25, 0.3) is 0 Å². The van der Waals surface area contributed by atoms with E-state index >= 15 is 0 Å². The number of hydrogen-bond acceptors (Lipinski definition) is 5. The van der Waals surface area contributed by atoms with Crippen LogP contribution in [-0.2, 0) is 10.9 Å². The van der Waals surface area contributed by atoms with Crippen LogP contribution in [0.1, 0.15) is 18.4 Å². The zero-order valence-electron chi connectivity index (χ0n) is 11.5. The van der Waals surface area contributed by atoms with Crippen molar-refractivity contribution < 1.29 is 27.9 Å². The summed E-state index contributed by atoms with van der Waals surface area (Å²) >= 11 is 0. The lowest BCUT2D eigenvalue weighted by Crippen LogP contribution is -2.42. The number of halogens is 3. The minimum atomic E-state index is -4.82. The zero-order chi connectivity index (χ0) is 16.4. The molecular formula is C13H15F3N2O4. The number of nitro groups is 1. The standard InChI is InChI=1S/C13H15F3N2O4/c14-13(15,16)10-7-9(1-2-11(10)18(20)21)17-8-12(19)3-5-22-6-4-12/h1-2,7,17,19H,3-6,8H2. The summed E-state index contributed by atoms with van der Waals surface area (Å²) in [5.74, 6) is 0. The molecule has 1 aromatic rings. The van der Waals surface area contributed by atoms with Gasteiger partial charge in [-0.2, -0.15) is 13.2 Å². The van der Waals surface area contributed by atoms with E-state index in [1.807, 2.05) is 0 Å². The van der Waals surface area contributed by atoms with Gasteiger partial charge in [-0.1, -0.05) is 0 Å². The summed E-state index contributed by atoms with van der Waals surface area (Å²) in [5.41, 5.74) is -3.31. The molecule has 1 saturated heterocycles.